The van der Waals surface area contributed by atoms with Crippen LogP contribution in [0.5, 0.6) is 5.75 Å². The highest BCUT2D eigenvalue weighted by Crippen LogP contribution is 2.29. The molecule has 0 saturated carbocycles. The summed E-state index contributed by atoms with van der Waals surface area (Å²) < 4.78 is 5.28. The van der Waals surface area contributed by atoms with E-state index >= 15 is 0 Å². The van der Waals surface area contributed by atoms with Gasteiger partial charge in [0.25, 0.3) is 5.91 Å². The lowest BCUT2D eigenvalue weighted by atomic mass is 10.2. The van der Waals surface area contributed by atoms with Crippen LogP contribution in [0.2, 0.25) is 5.02 Å². The zero-order valence-corrected chi connectivity index (χ0v) is 15.0. The summed E-state index contributed by atoms with van der Waals surface area (Å²) in [7, 11) is 1.56. The third-order valence-corrected chi connectivity index (χ3v) is 3.84. The Morgan fingerprint density at radius 2 is 1.88 bits per heavy atom. The molecule has 0 radical (unpaired) electrons. The molecule has 7 heteroatoms. The van der Waals surface area contributed by atoms with Crippen LogP contribution in [0.25, 0.3) is 0 Å². The molecule has 2 N–H and O–H groups in total. The van der Waals surface area contributed by atoms with Crippen LogP contribution in [-0.4, -0.2) is 23.0 Å². The van der Waals surface area contributed by atoms with Crippen molar-refractivity contribution >= 4 is 34.8 Å². The molecular formula is C19H17ClN4O2. The number of methoxy groups -OCH3 is 1. The first-order valence-electron chi connectivity index (χ1n) is 7.87. The zero-order chi connectivity index (χ0) is 18.5. The van der Waals surface area contributed by atoms with Crippen molar-refractivity contribution < 1.29 is 9.53 Å². The molecule has 0 unspecified atom stereocenters. The average molecular weight is 369 g/mol. The highest BCUT2D eigenvalue weighted by molar-refractivity contribution is 6.31. The normalized spacial score (nSPS) is 10.3. The van der Waals surface area contributed by atoms with Crippen molar-refractivity contribution in [3.63, 3.8) is 0 Å². The minimum absolute atomic E-state index is 0.240. The molecule has 3 rings (SSSR count). The molecule has 6 nitrogen and oxygen atoms in total. The number of halogens is 1. The maximum absolute atomic E-state index is 12.4. The monoisotopic (exact) mass is 368 g/mol. The molecule has 0 aliphatic heterocycles. The molecule has 0 fully saturated rings. The van der Waals surface area contributed by atoms with Gasteiger partial charge in [0.1, 0.15) is 11.4 Å². The van der Waals surface area contributed by atoms with E-state index in [1.165, 1.54) is 6.20 Å². The van der Waals surface area contributed by atoms with Crippen molar-refractivity contribution in [3.8, 4) is 5.75 Å². The van der Waals surface area contributed by atoms with Crippen molar-refractivity contribution in [2.75, 3.05) is 17.7 Å². The SMILES string of the molecule is COc1ccc(Cl)cc1Nc1nccc(C(=O)Nc2ccc(C)cc2)n1. The molecule has 1 aromatic heterocycles. The van der Waals surface area contributed by atoms with Gasteiger partial charge in [-0.2, -0.15) is 0 Å². The number of nitrogens with one attached hydrogen (secondary N) is 2. The largest absolute Gasteiger partial charge is 0.495 e. The van der Waals surface area contributed by atoms with E-state index in [9.17, 15) is 4.79 Å². The van der Waals surface area contributed by atoms with Gasteiger partial charge in [0.05, 0.1) is 12.8 Å². The summed E-state index contributed by atoms with van der Waals surface area (Å²) in [5.74, 6) is 0.534. The molecule has 0 aliphatic carbocycles. The molecular weight excluding hydrogens is 352 g/mol. The van der Waals surface area contributed by atoms with Gasteiger partial charge >= 0.3 is 0 Å². The minimum atomic E-state index is -0.322. The van der Waals surface area contributed by atoms with Gasteiger partial charge in [-0.05, 0) is 43.3 Å². The van der Waals surface area contributed by atoms with E-state index in [-0.39, 0.29) is 17.5 Å². The molecule has 1 amide bonds. The fourth-order valence-electron chi connectivity index (χ4n) is 2.28. The summed E-state index contributed by atoms with van der Waals surface area (Å²) in [6, 6.07) is 14.2. The van der Waals surface area contributed by atoms with E-state index in [4.69, 9.17) is 16.3 Å². The molecule has 2 aromatic carbocycles. The standard InChI is InChI=1S/C19H17ClN4O2/c1-12-3-6-14(7-4-12)22-18(25)15-9-10-21-19(23-15)24-16-11-13(20)5-8-17(16)26-2/h3-11H,1-2H3,(H,22,25)(H,21,23,24). The third-order valence-electron chi connectivity index (χ3n) is 3.61. The first-order valence-corrected chi connectivity index (χ1v) is 8.24. The highest BCUT2D eigenvalue weighted by Gasteiger charge is 2.11. The molecule has 0 atom stereocenters. The Kier molecular flexibility index (Phi) is 5.34. The van der Waals surface area contributed by atoms with Crippen molar-refractivity contribution in [1.82, 2.24) is 9.97 Å². The number of hydrogen-bond acceptors (Lipinski definition) is 5. The predicted molar refractivity (Wildman–Crippen MR) is 102 cm³/mol. The lowest BCUT2D eigenvalue weighted by Crippen LogP contribution is -2.14. The quantitative estimate of drug-likeness (QED) is 0.696. The van der Waals surface area contributed by atoms with Crippen LogP contribution in [0.15, 0.2) is 54.7 Å². The number of aryl methyl sites for hydroxylation is 1. The third kappa shape index (κ3) is 4.29. The van der Waals surface area contributed by atoms with Crippen LogP contribution in [0.4, 0.5) is 17.3 Å². The Bertz CT molecular complexity index is 929. The van der Waals surface area contributed by atoms with Gasteiger partial charge in [-0.25, -0.2) is 9.97 Å². The van der Waals surface area contributed by atoms with Crippen molar-refractivity contribution in [1.29, 1.82) is 0 Å². The topological polar surface area (TPSA) is 76.1 Å². The van der Waals surface area contributed by atoms with Gasteiger partial charge in [-0.15, -0.1) is 0 Å². The number of ether oxygens (including phenoxy) is 1. The van der Waals surface area contributed by atoms with Crippen LogP contribution >= 0.6 is 11.6 Å². The molecule has 0 saturated heterocycles. The number of benzene rings is 2. The Balaban J connectivity index is 1.79. The number of hydrogen-bond donors (Lipinski definition) is 2. The summed E-state index contributed by atoms with van der Waals surface area (Å²) in [6.45, 7) is 1.98. The molecule has 132 valence electrons. The smallest absolute Gasteiger partial charge is 0.274 e. The van der Waals surface area contributed by atoms with Gasteiger partial charge < -0.3 is 15.4 Å². The van der Waals surface area contributed by atoms with E-state index in [1.54, 1.807) is 31.4 Å². The molecule has 26 heavy (non-hydrogen) atoms. The number of aromatic nitrogens is 2. The van der Waals surface area contributed by atoms with Crippen LogP contribution in [0.3, 0.4) is 0 Å². The first kappa shape index (κ1) is 17.7. The summed E-state index contributed by atoms with van der Waals surface area (Å²) >= 11 is 6.02. The zero-order valence-electron chi connectivity index (χ0n) is 14.3. The molecule has 1 heterocycles. The Morgan fingerprint density at radius 1 is 1.12 bits per heavy atom. The van der Waals surface area contributed by atoms with Crippen LogP contribution in [0.1, 0.15) is 16.1 Å². The average Bonchev–Trinajstić information content (AvgIpc) is 2.64. The van der Waals surface area contributed by atoms with Crippen molar-refractivity contribution in [2.24, 2.45) is 0 Å². The van der Waals surface area contributed by atoms with E-state index in [2.05, 4.69) is 20.6 Å². The van der Waals surface area contributed by atoms with Gasteiger partial charge in [-0.3, -0.25) is 4.79 Å². The van der Waals surface area contributed by atoms with Crippen molar-refractivity contribution in [3.05, 3.63) is 71.0 Å². The lowest BCUT2D eigenvalue weighted by molar-refractivity contribution is 0.102. The number of amides is 1. The number of nitrogens with zero attached hydrogens (tertiary/aromatic N) is 2. The number of carbonyl (C=O) groups excluding carboxylic acids is 1. The second kappa shape index (κ2) is 7.84. The van der Waals surface area contributed by atoms with E-state index < -0.39 is 0 Å². The van der Waals surface area contributed by atoms with Crippen LogP contribution in [-0.2, 0) is 0 Å². The second-order valence-corrected chi connectivity index (χ2v) is 5.99. The Morgan fingerprint density at radius 3 is 2.62 bits per heavy atom. The molecule has 0 aliphatic rings. The summed E-state index contributed by atoms with van der Waals surface area (Å²) in [4.78, 5) is 20.8. The van der Waals surface area contributed by atoms with Crippen LogP contribution in [0, 0.1) is 6.92 Å². The predicted octanol–water partition coefficient (Wildman–Crippen LogP) is 4.44. The number of carbonyl (C=O) groups is 1. The first-order chi connectivity index (χ1) is 12.5. The molecule has 0 spiro atoms. The Hall–Kier alpha value is -3.12. The van der Waals surface area contributed by atoms with E-state index in [1.807, 2.05) is 31.2 Å². The summed E-state index contributed by atoms with van der Waals surface area (Å²) in [6.07, 6.45) is 1.51. The maximum atomic E-state index is 12.4. The summed E-state index contributed by atoms with van der Waals surface area (Å²) in [5, 5.41) is 6.37. The number of rotatable bonds is 5. The minimum Gasteiger partial charge on any atom is -0.495 e. The maximum Gasteiger partial charge on any atom is 0.274 e. The fourth-order valence-corrected chi connectivity index (χ4v) is 2.45. The summed E-state index contributed by atoms with van der Waals surface area (Å²) in [5.41, 5.74) is 2.66. The Labute approximate surface area is 156 Å². The highest BCUT2D eigenvalue weighted by atomic mass is 35.5. The van der Waals surface area contributed by atoms with Gasteiger partial charge in [-0.1, -0.05) is 29.3 Å². The van der Waals surface area contributed by atoms with E-state index in [0.717, 1.165) is 5.56 Å². The van der Waals surface area contributed by atoms with Gasteiger partial charge in [0.15, 0.2) is 0 Å². The lowest BCUT2D eigenvalue weighted by Gasteiger charge is -2.11. The van der Waals surface area contributed by atoms with E-state index in [0.29, 0.717) is 22.1 Å². The van der Waals surface area contributed by atoms with Gasteiger partial charge in [0, 0.05) is 16.9 Å². The van der Waals surface area contributed by atoms with Crippen LogP contribution < -0.4 is 15.4 Å². The van der Waals surface area contributed by atoms with Crippen molar-refractivity contribution in [2.45, 2.75) is 6.92 Å². The second-order valence-electron chi connectivity index (χ2n) is 5.56. The molecule has 3 aromatic rings. The fraction of sp³-hybridized carbons (Fsp3) is 0.105. The number of anilines is 3. The molecule has 0 bridgehead atoms. The van der Waals surface area contributed by atoms with Gasteiger partial charge in [0.2, 0.25) is 5.95 Å².